The predicted molar refractivity (Wildman–Crippen MR) is 182 cm³/mol. The van der Waals surface area contributed by atoms with Gasteiger partial charge in [-0.1, -0.05) is 87.9 Å². The minimum atomic E-state index is -4.95. The van der Waals surface area contributed by atoms with Gasteiger partial charge in [0.25, 0.3) is 0 Å². The second kappa shape index (κ2) is 12.5. The molecule has 9 atom stereocenters. The van der Waals surface area contributed by atoms with Crippen LogP contribution in [0.3, 0.4) is 0 Å². The third-order valence-electron chi connectivity index (χ3n) is 12.3. The lowest BCUT2D eigenvalue weighted by Crippen LogP contribution is -2.63. The summed E-state index contributed by atoms with van der Waals surface area (Å²) >= 11 is 0. The summed E-state index contributed by atoms with van der Waals surface area (Å²) in [6.45, 7) is 7.63. The summed E-state index contributed by atoms with van der Waals surface area (Å²) in [4.78, 5) is 45.5. The van der Waals surface area contributed by atoms with Crippen LogP contribution in [0.15, 0.2) is 72.3 Å². The van der Waals surface area contributed by atoms with Crippen molar-refractivity contribution in [2.75, 3.05) is 6.61 Å². The Morgan fingerprint density at radius 2 is 1.82 bits per heavy atom. The quantitative estimate of drug-likeness (QED) is 0.263. The van der Waals surface area contributed by atoms with E-state index in [1.54, 1.807) is 12.2 Å². The molecule has 0 radical (unpaired) electrons. The lowest BCUT2D eigenvalue weighted by molar-refractivity contribution is -0.200. The van der Waals surface area contributed by atoms with Crippen molar-refractivity contribution < 1.29 is 43.0 Å². The van der Waals surface area contributed by atoms with Crippen LogP contribution in [0.1, 0.15) is 81.9 Å². The van der Waals surface area contributed by atoms with E-state index in [0.29, 0.717) is 18.8 Å². The standard InChI is InChI=1S/C39H47O9P/c1-23(2)16-25-6-5-7-26(18-25)17-24-8-10-27(11-9-24)36-47-34-20-31-30-13-12-28-19-29(40)14-15-37(28,3)35(30)32(41)21-38(31,4)39(34,48-36)33(42)22-46-49(43,44)45/h5-11,14-15,18-19,23,30-32,34-36,41H,12-13,16-17,20-22H2,1-4H3,(H2,43,44,45)/t30-,31-,32-,34+,35+,36+,37-,38-,39+/m0/s1. The van der Waals surface area contributed by atoms with Crippen LogP contribution in [0.25, 0.3) is 0 Å². The number of carbonyl (C=O) groups is 2. The molecule has 1 aliphatic heterocycles. The zero-order chi connectivity index (χ0) is 34.9. The van der Waals surface area contributed by atoms with Crippen LogP contribution < -0.4 is 0 Å². The van der Waals surface area contributed by atoms with Crippen LogP contribution in [-0.2, 0) is 41.0 Å². The number of aliphatic hydroxyl groups is 1. The summed E-state index contributed by atoms with van der Waals surface area (Å²) < 4.78 is 29.9. The number of phosphoric ester groups is 1. The molecule has 10 heteroatoms. The first kappa shape index (κ1) is 34.7. The fourth-order valence-corrected chi connectivity index (χ4v) is 10.6. The molecule has 0 amide bonds. The summed E-state index contributed by atoms with van der Waals surface area (Å²) in [6, 6.07) is 16.6. The molecule has 3 N–H and O–H groups in total. The van der Waals surface area contributed by atoms with E-state index in [1.807, 2.05) is 37.3 Å². The van der Waals surface area contributed by atoms with Gasteiger partial charge in [0.1, 0.15) is 6.61 Å². The van der Waals surface area contributed by atoms with Gasteiger partial charge < -0.3 is 24.4 Å². The third kappa shape index (κ3) is 5.95. The van der Waals surface area contributed by atoms with E-state index in [9.17, 15) is 29.0 Å². The average molecular weight is 691 g/mol. The first-order valence-electron chi connectivity index (χ1n) is 17.5. The number of rotatable bonds is 9. The van der Waals surface area contributed by atoms with Crippen molar-refractivity contribution in [3.05, 3.63) is 94.6 Å². The van der Waals surface area contributed by atoms with E-state index in [0.717, 1.165) is 36.0 Å². The number of hydrogen-bond donors (Lipinski definition) is 3. The van der Waals surface area contributed by atoms with Crippen LogP contribution in [0.2, 0.25) is 0 Å². The molecule has 9 nitrogen and oxygen atoms in total. The molecule has 0 aromatic heterocycles. The molecule has 2 aromatic rings. The lowest BCUT2D eigenvalue weighted by atomic mass is 9.46. The number of phosphoric acid groups is 1. The molecule has 4 fully saturated rings. The van der Waals surface area contributed by atoms with Crippen LogP contribution >= 0.6 is 7.82 Å². The van der Waals surface area contributed by atoms with Crippen molar-refractivity contribution in [2.45, 2.75) is 90.3 Å². The summed E-state index contributed by atoms with van der Waals surface area (Å²) in [5.41, 5.74) is 2.45. The molecular weight excluding hydrogens is 643 g/mol. The number of fused-ring (bicyclic) bond motifs is 7. The Kier molecular flexibility index (Phi) is 8.84. The number of benzene rings is 2. The number of ketones is 2. The smallest absolute Gasteiger partial charge is 0.393 e. The Labute approximate surface area is 288 Å². The van der Waals surface area contributed by atoms with Gasteiger partial charge in [0.05, 0.1) is 12.2 Å². The number of hydrogen-bond acceptors (Lipinski definition) is 7. The van der Waals surface area contributed by atoms with Crippen LogP contribution in [0.4, 0.5) is 0 Å². The van der Waals surface area contributed by atoms with Crippen molar-refractivity contribution in [3.8, 4) is 0 Å². The monoisotopic (exact) mass is 690 g/mol. The van der Waals surface area contributed by atoms with Gasteiger partial charge >= 0.3 is 7.82 Å². The number of aliphatic hydroxyl groups excluding tert-OH is 1. The van der Waals surface area contributed by atoms with Crippen molar-refractivity contribution in [3.63, 3.8) is 0 Å². The topological polar surface area (TPSA) is 140 Å². The van der Waals surface area contributed by atoms with E-state index < -0.39 is 55.1 Å². The zero-order valence-corrected chi connectivity index (χ0v) is 29.5. The fourth-order valence-electron chi connectivity index (χ4n) is 10.3. The van der Waals surface area contributed by atoms with Crippen molar-refractivity contribution in [1.82, 2.24) is 0 Å². The minimum Gasteiger partial charge on any atom is -0.393 e. The van der Waals surface area contributed by atoms with Gasteiger partial charge in [0.2, 0.25) is 0 Å². The number of Topliss-reactive ketones (excluding diaryl/α,β-unsaturated/α-hetero) is 1. The SMILES string of the molecule is CC(C)Cc1cccc(Cc2ccc([C@@H]3O[C@@H]4C[C@H]5[C@@H]6CCC7=CC(=O)C=C[C@]7(C)[C@H]6[C@@H](O)C[C@]5(C)[C@]4(C(=O)COP(=O)(O)O)O3)cc2)c1. The zero-order valence-electron chi connectivity index (χ0n) is 28.6. The first-order chi connectivity index (χ1) is 23.1. The van der Waals surface area contributed by atoms with Gasteiger partial charge in [-0.05, 0) is 85.1 Å². The second-order valence-electron chi connectivity index (χ2n) is 15.8. The molecule has 1 heterocycles. The van der Waals surface area contributed by atoms with Gasteiger partial charge in [-0.3, -0.25) is 14.1 Å². The summed E-state index contributed by atoms with van der Waals surface area (Å²) in [5.74, 6) is -0.293. The van der Waals surface area contributed by atoms with Crippen LogP contribution in [-0.4, -0.2) is 50.9 Å². The Bertz CT molecular complexity index is 1740. The van der Waals surface area contributed by atoms with Crippen LogP contribution in [0.5, 0.6) is 0 Å². The second-order valence-corrected chi connectivity index (χ2v) is 17.0. The molecule has 0 unspecified atom stereocenters. The van der Waals surface area contributed by atoms with Crippen LogP contribution in [0, 0.1) is 34.5 Å². The average Bonchev–Trinajstić information content (AvgIpc) is 3.53. The number of allylic oxidation sites excluding steroid dienone is 4. The van der Waals surface area contributed by atoms with Crippen molar-refractivity contribution in [1.29, 1.82) is 0 Å². The first-order valence-corrected chi connectivity index (χ1v) is 19.0. The maximum Gasteiger partial charge on any atom is 0.470 e. The van der Waals surface area contributed by atoms with Gasteiger partial charge in [-0.2, -0.15) is 0 Å². The highest BCUT2D eigenvalue weighted by molar-refractivity contribution is 7.46. The molecule has 0 bridgehead atoms. The van der Waals surface area contributed by atoms with Crippen molar-refractivity contribution >= 4 is 19.4 Å². The highest BCUT2D eigenvalue weighted by Crippen LogP contribution is 2.70. The molecular formula is C39H47O9P. The predicted octanol–water partition coefficient (Wildman–Crippen LogP) is 6.20. The molecule has 262 valence electrons. The van der Waals surface area contributed by atoms with Crippen molar-refractivity contribution in [2.24, 2.45) is 34.5 Å². The minimum absolute atomic E-state index is 0.00991. The third-order valence-corrected chi connectivity index (χ3v) is 12.8. The summed E-state index contributed by atoms with van der Waals surface area (Å²) in [5, 5.41) is 11.9. The Morgan fingerprint density at radius 3 is 2.53 bits per heavy atom. The van der Waals surface area contributed by atoms with E-state index in [2.05, 4.69) is 45.0 Å². The van der Waals surface area contributed by atoms with E-state index in [-0.39, 0.29) is 30.0 Å². The maximum absolute atomic E-state index is 14.3. The normalized spacial score (nSPS) is 36.6. The van der Waals surface area contributed by atoms with E-state index in [4.69, 9.17) is 14.0 Å². The Morgan fingerprint density at radius 1 is 1.08 bits per heavy atom. The van der Waals surface area contributed by atoms with Gasteiger partial charge in [0.15, 0.2) is 23.5 Å². The van der Waals surface area contributed by atoms with E-state index >= 15 is 0 Å². The van der Waals surface area contributed by atoms with Gasteiger partial charge in [0, 0.05) is 22.3 Å². The number of ether oxygens (including phenoxy) is 2. The molecule has 4 aliphatic carbocycles. The molecule has 1 saturated heterocycles. The maximum atomic E-state index is 14.3. The highest BCUT2D eigenvalue weighted by atomic mass is 31.2. The number of carbonyl (C=O) groups excluding carboxylic acids is 2. The lowest BCUT2D eigenvalue weighted by Gasteiger charge is -2.59. The Balaban J connectivity index is 1.17. The van der Waals surface area contributed by atoms with Gasteiger partial charge in [-0.25, -0.2) is 4.57 Å². The molecule has 0 spiro atoms. The summed E-state index contributed by atoms with van der Waals surface area (Å²) in [6.07, 6.45) is 6.79. The summed E-state index contributed by atoms with van der Waals surface area (Å²) in [7, 11) is -4.95. The molecule has 2 aromatic carbocycles. The Hall–Kier alpha value is -2.75. The molecule has 5 aliphatic rings. The van der Waals surface area contributed by atoms with E-state index in [1.165, 1.54) is 11.1 Å². The molecule has 49 heavy (non-hydrogen) atoms. The molecule has 7 rings (SSSR count). The molecule has 3 saturated carbocycles. The largest absolute Gasteiger partial charge is 0.470 e. The fraction of sp³-hybridized carbons (Fsp3) is 0.538. The highest BCUT2D eigenvalue weighted by Gasteiger charge is 2.76. The van der Waals surface area contributed by atoms with Gasteiger partial charge in [-0.15, -0.1) is 0 Å².